The van der Waals surface area contributed by atoms with Gasteiger partial charge in [0.2, 0.25) is 0 Å². The van der Waals surface area contributed by atoms with E-state index < -0.39 is 17.0 Å². The van der Waals surface area contributed by atoms with Gasteiger partial charge >= 0.3 is 35.6 Å². The third kappa shape index (κ3) is 5.32. The summed E-state index contributed by atoms with van der Waals surface area (Å²) in [6, 6.07) is 21.3. The van der Waals surface area contributed by atoms with Crippen molar-refractivity contribution >= 4 is 41.4 Å². The van der Waals surface area contributed by atoms with Crippen LogP contribution in [0.4, 0.5) is 0 Å². The molecule has 0 saturated heterocycles. The van der Waals surface area contributed by atoms with Crippen molar-refractivity contribution in [2.24, 2.45) is 0 Å². The molecule has 0 fully saturated rings. The third-order valence-corrected chi connectivity index (χ3v) is 5.09. The first kappa shape index (κ1) is 22.1. The molecule has 1 unspecified atom stereocenters. The van der Waals surface area contributed by atoms with Gasteiger partial charge in [-0.25, -0.2) is 0 Å². The Labute approximate surface area is 189 Å². The van der Waals surface area contributed by atoms with Gasteiger partial charge in [-0.05, 0) is 33.9 Å². The molecule has 0 N–H and O–H groups in total. The van der Waals surface area contributed by atoms with E-state index in [1.54, 1.807) is 0 Å². The van der Waals surface area contributed by atoms with E-state index in [0.29, 0.717) is 13.0 Å². The number of halogens is 2. The van der Waals surface area contributed by atoms with Gasteiger partial charge in [0.05, 0.1) is 5.91 Å². The maximum absolute atomic E-state index is 12.0. The standard InChI is InChI=1S/C24H23NO.2ClH.Ti/c1-2-7-24(26)25-16-23-20-11-6-4-9-18(20)13-15-22(23)21-14-12-17-8-3-5-10-19(17)21;;;/h3-6,8-15,21H,2,7,16H2,1H3,(H,25,26);2*1H;/q;;;+2/p-3. The molecule has 1 atom stereocenters. The van der Waals surface area contributed by atoms with E-state index in [-0.39, 0.29) is 11.8 Å². The van der Waals surface area contributed by atoms with Crippen molar-refractivity contribution in [2.45, 2.75) is 32.2 Å². The normalized spacial score (nSPS) is 14.1. The second-order valence-corrected chi connectivity index (χ2v) is 9.43. The summed E-state index contributed by atoms with van der Waals surface area (Å²) in [7, 11) is 9.78. The molecule has 0 spiro atoms. The van der Waals surface area contributed by atoms with E-state index in [1.165, 1.54) is 33.0 Å². The van der Waals surface area contributed by atoms with Crippen LogP contribution in [0.1, 0.15) is 47.9 Å². The first-order valence-electron chi connectivity index (χ1n) is 9.63. The van der Waals surface area contributed by atoms with E-state index in [1.807, 2.05) is 6.92 Å². The van der Waals surface area contributed by atoms with E-state index in [2.05, 4.69) is 78.1 Å². The zero-order valence-electron chi connectivity index (χ0n) is 16.2. The number of benzene rings is 3. The summed E-state index contributed by atoms with van der Waals surface area (Å²) in [5.41, 5.74) is 5.01. The van der Waals surface area contributed by atoms with Crippen LogP contribution in [0, 0.1) is 0 Å². The number of fused-ring (bicyclic) bond motifs is 2. The minimum atomic E-state index is -0.556. The molecule has 29 heavy (non-hydrogen) atoms. The predicted molar refractivity (Wildman–Crippen MR) is 120 cm³/mol. The Bertz CT molecular complexity index is 1020. The molecule has 0 bridgehead atoms. The second kappa shape index (κ2) is 11.0. The molecule has 0 saturated carbocycles. The molecule has 0 radical (unpaired) electrons. The van der Waals surface area contributed by atoms with Crippen LogP contribution >= 0.6 is 18.6 Å². The molecule has 148 valence electrons. The molecule has 2 nitrogen and oxygen atoms in total. The Kier molecular flexibility index (Phi) is 8.38. The summed E-state index contributed by atoms with van der Waals surface area (Å²) in [6.45, 7) is 2.46. The summed E-state index contributed by atoms with van der Waals surface area (Å²) < 4.78 is 0. The van der Waals surface area contributed by atoms with Gasteiger partial charge in [-0.15, -0.1) is 6.54 Å². The van der Waals surface area contributed by atoms with Gasteiger partial charge in [-0.3, -0.25) is 0 Å². The van der Waals surface area contributed by atoms with Gasteiger partial charge in [0, 0.05) is 5.92 Å². The van der Waals surface area contributed by atoms with Crippen LogP contribution in [-0.4, -0.2) is 5.91 Å². The molecule has 1 aliphatic carbocycles. The van der Waals surface area contributed by atoms with Gasteiger partial charge in [-0.2, -0.15) is 0 Å². The summed E-state index contributed by atoms with van der Waals surface area (Å²) in [6.07, 6.45) is 5.81. The van der Waals surface area contributed by atoms with Crippen molar-refractivity contribution < 1.29 is 21.8 Å². The Hall–Kier alpha value is -1.58. The molecule has 1 amide bonds. The number of carbonyl (C=O) groups excluding carboxylic acids is 1. The summed E-state index contributed by atoms with van der Waals surface area (Å²) in [4.78, 5) is 12.0. The SMILES string of the molecule is CCCC(=O)[N-]Cc1c(C2C=Cc3ccccc32)ccc2ccccc12.[Cl][Ti][Cl]. The zero-order valence-corrected chi connectivity index (χ0v) is 19.3. The van der Waals surface area contributed by atoms with E-state index >= 15 is 0 Å². The summed E-state index contributed by atoms with van der Waals surface area (Å²) >= 11 is -0.556. The van der Waals surface area contributed by atoms with Crippen molar-refractivity contribution in [1.29, 1.82) is 0 Å². The molecular formula is C24H22Cl2NOTi-. The van der Waals surface area contributed by atoms with Gasteiger partial charge in [0.1, 0.15) is 0 Å². The molecule has 0 heterocycles. The van der Waals surface area contributed by atoms with Crippen molar-refractivity contribution in [3.63, 3.8) is 0 Å². The first-order valence-corrected chi connectivity index (χ1v) is 13.9. The first-order chi connectivity index (χ1) is 14.2. The summed E-state index contributed by atoms with van der Waals surface area (Å²) in [5.74, 6) is 0.219. The number of hydrogen-bond acceptors (Lipinski definition) is 1. The maximum atomic E-state index is 12.0. The molecular weight excluding hydrogens is 437 g/mol. The average molecular weight is 459 g/mol. The summed E-state index contributed by atoms with van der Waals surface area (Å²) in [5, 5.41) is 6.74. The van der Waals surface area contributed by atoms with Gasteiger partial charge in [-0.1, -0.05) is 91.7 Å². The third-order valence-electron chi connectivity index (χ3n) is 5.09. The van der Waals surface area contributed by atoms with E-state index in [9.17, 15) is 4.79 Å². The van der Waals surface area contributed by atoms with Gasteiger partial charge < -0.3 is 10.1 Å². The number of rotatable bonds is 5. The molecule has 3 aromatic carbocycles. The van der Waals surface area contributed by atoms with Gasteiger partial charge in [0.15, 0.2) is 0 Å². The van der Waals surface area contributed by atoms with Crippen LogP contribution in [0.15, 0.2) is 66.7 Å². The van der Waals surface area contributed by atoms with Crippen LogP contribution in [0.25, 0.3) is 22.2 Å². The fraction of sp³-hybridized carbons (Fsp3) is 0.208. The molecule has 4 rings (SSSR count). The number of carbonyl (C=O) groups is 1. The van der Waals surface area contributed by atoms with Crippen LogP contribution < -0.4 is 0 Å². The predicted octanol–water partition coefficient (Wildman–Crippen LogP) is 7.58. The number of nitrogens with zero attached hydrogens (tertiary/aromatic N) is 1. The van der Waals surface area contributed by atoms with Crippen LogP contribution in [-0.2, 0) is 28.4 Å². The fourth-order valence-corrected chi connectivity index (χ4v) is 3.80. The number of hydrogen-bond donors (Lipinski definition) is 0. The second-order valence-electron chi connectivity index (χ2n) is 6.85. The van der Waals surface area contributed by atoms with Crippen LogP contribution in [0.3, 0.4) is 0 Å². The topological polar surface area (TPSA) is 31.2 Å². The van der Waals surface area contributed by atoms with Crippen molar-refractivity contribution in [1.82, 2.24) is 0 Å². The van der Waals surface area contributed by atoms with E-state index in [4.69, 9.17) is 18.6 Å². The fourth-order valence-electron chi connectivity index (χ4n) is 3.80. The van der Waals surface area contributed by atoms with Crippen molar-refractivity contribution in [2.75, 3.05) is 0 Å². The molecule has 0 aliphatic heterocycles. The molecule has 1 aliphatic rings. The Balaban J connectivity index is 0.000000755. The van der Waals surface area contributed by atoms with Crippen LogP contribution in [0.2, 0.25) is 0 Å². The average Bonchev–Trinajstić information content (AvgIpc) is 3.17. The Morgan fingerprint density at radius 2 is 1.72 bits per heavy atom. The Morgan fingerprint density at radius 3 is 2.52 bits per heavy atom. The van der Waals surface area contributed by atoms with Crippen molar-refractivity contribution in [3.8, 4) is 0 Å². The van der Waals surface area contributed by atoms with Gasteiger partial charge in [0.25, 0.3) is 0 Å². The molecule has 5 heteroatoms. The zero-order chi connectivity index (χ0) is 20.6. The molecule has 0 aromatic heterocycles. The quantitative estimate of drug-likeness (QED) is 0.362. The number of allylic oxidation sites excluding steroid dienone is 1. The monoisotopic (exact) mass is 458 g/mol. The Morgan fingerprint density at radius 1 is 1.00 bits per heavy atom. The minimum absolute atomic E-state index is 0.00579. The number of amides is 1. The molecule has 3 aromatic rings. The van der Waals surface area contributed by atoms with Crippen LogP contribution in [0.5, 0.6) is 0 Å². The van der Waals surface area contributed by atoms with E-state index in [0.717, 1.165) is 6.42 Å². The van der Waals surface area contributed by atoms with Crippen molar-refractivity contribution in [3.05, 3.63) is 94.3 Å².